The van der Waals surface area contributed by atoms with Crippen molar-refractivity contribution in [1.29, 1.82) is 0 Å². The largest absolute Gasteiger partial charge is 0.496 e. The van der Waals surface area contributed by atoms with Gasteiger partial charge in [-0.25, -0.2) is 0 Å². The molecule has 4 heteroatoms. The lowest BCUT2D eigenvalue weighted by Gasteiger charge is -2.37. The number of ether oxygens (including phenoxy) is 1. The first-order chi connectivity index (χ1) is 9.15. The van der Waals surface area contributed by atoms with Crippen molar-refractivity contribution >= 4 is 11.6 Å². The van der Waals surface area contributed by atoms with E-state index in [1.165, 1.54) is 6.42 Å². The third-order valence-electron chi connectivity index (χ3n) is 4.04. The molecule has 0 aliphatic carbocycles. The monoisotopic (exact) mass is 282 g/mol. The zero-order valence-corrected chi connectivity index (χ0v) is 12.7. The van der Waals surface area contributed by atoms with Gasteiger partial charge in [0.25, 0.3) is 0 Å². The minimum Gasteiger partial charge on any atom is -0.496 e. The molecule has 2 unspecified atom stereocenters. The van der Waals surface area contributed by atoms with Crippen molar-refractivity contribution in [3.05, 3.63) is 28.8 Å². The summed E-state index contributed by atoms with van der Waals surface area (Å²) in [6, 6.07) is 6.47. The molecule has 1 aliphatic heterocycles. The fourth-order valence-electron chi connectivity index (χ4n) is 2.91. The number of likely N-dealkylation sites (tertiary alicyclic amines) is 1. The van der Waals surface area contributed by atoms with Crippen LogP contribution >= 0.6 is 11.6 Å². The van der Waals surface area contributed by atoms with Gasteiger partial charge in [0, 0.05) is 29.7 Å². The molecule has 106 valence electrons. The van der Waals surface area contributed by atoms with E-state index in [1.807, 2.05) is 25.2 Å². The van der Waals surface area contributed by atoms with Crippen LogP contribution in [0.3, 0.4) is 0 Å². The Hall–Kier alpha value is -0.770. The van der Waals surface area contributed by atoms with Gasteiger partial charge in [-0.1, -0.05) is 24.6 Å². The second kappa shape index (κ2) is 6.60. The molecule has 0 bridgehead atoms. The fraction of sp³-hybridized carbons (Fsp3) is 0.600. The Kier molecular flexibility index (Phi) is 5.08. The van der Waals surface area contributed by atoms with Crippen LogP contribution < -0.4 is 10.1 Å². The number of piperidine rings is 1. The standard InChI is InChI=1S/C15H23ClN2O/c1-11-9-18(8-7-14(11)17-2)10-12-13(16)5-4-6-15(12)19-3/h4-6,11,14,17H,7-10H2,1-3H3. The molecule has 2 atom stereocenters. The van der Waals surface area contributed by atoms with Crippen LogP contribution in [0.4, 0.5) is 0 Å². The summed E-state index contributed by atoms with van der Waals surface area (Å²) in [4.78, 5) is 2.46. The predicted molar refractivity (Wildman–Crippen MR) is 79.9 cm³/mol. The molecule has 2 rings (SSSR count). The topological polar surface area (TPSA) is 24.5 Å². The smallest absolute Gasteiger partial charge is 0.124 e. The first kappa shape index (κ1) is 14.6. The molecule has 0 aromatic heterocycles. The third-order valence-corrected chi connectivity index (χ3v) is 4.39. The first-order valence-electron chi connectivity index (χ1n) is 6.86. The van der Waals surface area contributed by atoms with Crippen molar-refractivity contribution in [2.45, 2.75) is 25.9 Å². The maximum Gasteiger partial charge on any atom is 0.124 e. The fourth-order valence-corrected chi connectivity index (χ4v) is 3.14. The van der Waals surface area contributed by atoms with E-state index in [-0.39, 0.29) is 0 Å². The van der Waals surface area contributed by atoms with E-state index in [4.69, 9.17) is 16.3 Å². The van der Waals surface area contributed by atoms with Crippen LogP contribution in [0.25, 0.3) is 0 Å². The van der Waals surface area contributed by atoms with Gasteiger partial charge in [0.15, 0.2) is 0 Å². The van der Waals surface area contributed by atoms with Crippen molar-refractivity contribution in [2.75, 3.05) is 27.2 Å². The zero-order chi connectivity index (χ0) is 13.8. The number of nitrogens with zero attached hydrogens (tertiary/aromatic N) is 1. The van der Waals surface area contributed by atoms with Gasteiger partial charge in [0.05, 0.1) is 7.11 Å². The minimum atomic E-state index is 0.629. The number of nitrogens with one attached hydrogen (secondary N) is 1. The summed E-state index contributed by atoms with van der Waals surface area (Å²) >= 11 is 6.30. The van der Waals surface area contributed by atoms with Crippen molar-refractivity contribution in [1.82, 2.24) is 10.2 Å². The molecular weight excluding hydrogens is 260 g/mol. The minimum absolute atomic E-state index is 0.629. The molecule has 1 heterocycles. The predicted octanol–water partition coefficient (Wildman–Crippen LogP) is 2.78. The van der Waals surface area contributed by atoms with Gasteiger partial charge >= 0.3 is 0 Å². The molecule has 1 aromatic rings. The number of hydrogen-bond acceptors (Lipinski definition) is 3. The Morgan fingerprint density at radius 3 is 2.89 bits per heavy atom. The molecule has 19 heavy (non-hydrogen) atoms. The van der Waals surface area contributed by atoms with Gasteiger partial charge in [-0.2, -0.15) is 0 Å². The zero-order valence-electron chi connectivity index (χ0n) is 11.9. The maximum atomic E-state index is 6.30. The number of hydrogen-bond donors (Lipinski definition) is 1. The molecule has 3 nitrogen and oxygen atoms in total. The summed E-state index contributed by atoms with van der Waals surface area (Å²) < 4.78 is 5.41. The van der Waals surface area contributed by atoms with E-state index >= 15 is 0 Å². The van der Waals surface area contributed by atoms with Crippen LogP contribution in [0.15, 0.2) is 18.2 Å². The van der Waals surface area contributed by atoms with Gasteiger partial charge < -0.3 is 10.1 Å². The van der Waals surface area contributed by atoms with Crippen molar-refractivity contribution in [3.8, 4) is 5.75 Å². The average molecular weight is 283 g/mol. The number of rotatable bonds is 4. The van der Waals surface area contributed by atoms with Crippen LogP contribution in [0.2, 0.25) is 5.02 Å². The van der Waals surface area contributed by atoms with Crippen LogP contribution in [0, 0.1) is 5.92 Å². The van der Waals surface area contributed by atoms with E-state index in [9.17, 15) is 0 Å². The summed E-state index contributed by atoms with van der Waals surface area (Å²) in [5.41, 5.74) is 1.10. The Morgan fingerprint density at radius 1 is 1.47 bits per heavy atom. The molecule has 1 saturated heterocycles. The van der Waals surface area contributed by atoms with Crippen molar-refractivity contribution in [2.24, 2.45) is 5.92 Å². The van der Waals surface area contributed by atoms with Crippen molar-refractivity contribution in [3.63, 3.8) is 0 Å². The molecule has 0 saturated carbocycles. The van der Waals surface area contributed by atoms with E-state index in [2.05, 4.69) is 17.1 Å². The number of halogens is 1. The van der Waals surface area contributed by atoms with Crippen molar-refractivity contribution < 1.29 is 4.74 Å². The lowest BCUT2D eigenvalue weighted by molar-refractivity contribution is 0.144. The summed E-state index contributed by atoms with van der Waals surface area (Å²) in [6.45, 7) is 5.37. The lowest BCUT2D eigenvalue weighted by atomic mass is 9.93. The van der Waals surface area contributed by atoms with Gasteiger partial charge in [0.2, 0.25) is 0 Å². The van der Waals surface area contributed by atoms with E-state index in [1.54, 1.807) is 7.11 Å². The van der Waals surface area contributed by atoms with E-state index in [0.29, 0.717) is 12.0 Å². The Bertz CT molecular complexity index is 425. The third kappa shape index (κ3) is 3.41. The van der Waals surface area contributed by atoms with Crippen LogP contribution in [0.1, 0.15) is 18.9 Å². The molecule has 0 spiro atoms. The summed E-state index contributed by atoms with van der Waals surface area (Å²) in [5.74, 6) is 1.54. The molecule has 1 fully saturated rings. The normalized spacial score (nSPS) is 24.4. The number of methoxy groups -OCH3 is 1. The number of benzene rings is 1. The SMILES string of the molecule is CNC1CCN(Cc2c(Cl)cccc2OC)CC1C. The molecule has 0 radical (unpaired) electrons. The highest BCUT2D eigenvalue weighted by molar-refractivity contribution is 6.31. The van der Waals surface area contributed by atoms with Gasteiger partial charge in [0.1, 0.15) is 5.75 Å². The maximum absolute atomic E-state index is 6.30. The van der Waals surface area contributed by atoms with Gasteiger partial charge in [-0.15, -0.1) is 0 Å². The quantitative estimate of drug-likeness (QED) is 0.919. The molecular formula is C15H23ClN2O. The van der Waals surface area contributed by atoms with Crippen LogP contribution in [-0.4, -0.2) is 38.2 Å². The Morgan fingerprint density at radius 2 is 2.26 bits per heavy atom. The lowest BCUT2D eigenvalue weighted by Crippen LogP contribution is -2.46. The average Bonchev–Trinajstić information content (AvgIpc) is 2.41. The summed E-state index contributed by atoms with van der Waals surface area (Å²) in [7, 11) is 3.75. The summed E-state index contributed by atoms with van der Waals surface area (Å²) in [5, 5.41) is 4.19. The highest BCUT2D eigenvalue weighted by atomic mass is 35.5. The molecule has 1 N–H and O–H groups in total. The highest BCUT2D eigenvalue weighted by Crippen LogP contribution is 2.29. The van der Waals surface area contributed by atoms with Gasteiger partial charge in [-0.05, 0) is 38.1 Å². The Labute approximate surface area is 120 Å². The Balaban J connectivity index is 2.06. The molecule has 0 amide bonds. The second-order valence-corrected chi connectivity index (χ2v) is 5.72. The molecule has 1 aliphatic rings. The highest BCUT2D eigenvalue weighted by Gasteiger charge is 2.25. The van der Waals surface area contributed by atoms with Gasteiger partial charge in [-0.3, -0.25) is 4.90 Å². The second-order valence-electron chi connectivity index (χ2n) is 5.32. The molecule has 1 aromatic carbocycles. The van der Waals surface area contributed by atoms with E-state index < -0.39 is 0 Å². The van der Waals surface area contributed by atoms with E-state index in [0.717, 1.165) is 36.0 Å². The van der Waals surface area contributed by atoms with Crippen LogP contribution in [0.5, 0.6) is 5.75 Å². The summed E-state index contributed by atoms with van der Waals surface area (Å²) in [6.07, 6.45) is 1.18. The first-order valence-corrected chi connectivity index (χ1v) is 7.24. The van der Waals surface area contributed by atoms with Crippen LogP contribution in [-0.2, 0) is 6.54 Å².